The van der Waals surface area contributed by atoms with Crippen LogP contribution in [0.2, 0.25) is 0 Å². The number of rotatable bonds is 4. The van der Waals surface area contributed by atoms with E-state index in [1.807, 2.05) is 63.2 Å². The summed E-state index contributed by atoms with van der Waals surface area (Å²) in [6.07, 6.45) is 3.74. The number of ether oxygens (including phenoxy) is 1. The van der Waals surface area contributed by atoms with Crippen LogP contribution in [-0.2, 0) is 11.2 Å². The highest BCUT2D eigenvalue weighted by Crippen LogP contribution is 2.19. The maximum Gasteiger partial charge on any atom is 0.408 e. The molecule has 0 aliphatic rings. The summed E-state index contributed by atoms with van der Waals surface area (Å²) in [4.78, 5) is 16.1. The number of hydrogen-bond donors (Lipinski definition) is 1. The third kappa shape index (κ3) is 5.20. The van der Waals surface area contributed by atoms with Crippen LogP contribution >= 0.6 is 0 Å². The van der Waals surface area contributed by atoms with Gasteiger partial charge in [0.15, 0.2) is 0 Å². The number of hydrogen-bond acceptors (Lipinski definition) is 3. The molecule has 116 valence electrons. The summed E-state index contributed by atoms with van der Waals surface area (Å²) in [5.41, 5.74) is 1.64. The Morgan fingerprint density at radius 1 is 1.14 bits per heavy atom. The number of pyridine rings is 1. The fraction of sp³-hybridized carbons (Fsp3) is 0.333. The number of nitrogens with one attached hydrogen (secondary N) is 1. The lowest BCUT2D eigenvalue weighted by atomic mass is 10.00. The van der Waals surface area contributed by atoms with E-state index >= 15 is 0 Å². The van der Waals surface area contributed by atoms with Crippen molar-refractivity contribution in [2.75, 3.05) is 0 Å². The smallest absolute Gasteiger partial charge is 0.408 e. The third-order valence-corrected chi connectivity index (χ3v) is 3.08. The van der Waals surface area contributed by atoms with Crippen molar-refractivity contribution in [2.45, 2.75) is 38.8 Å². The van der Waals surface area contributed by atoms with E-state index in [4.69, 9.17) is 4.74 Å². The van der Waals surface area contributed by atoms with Gasteiger partial charge in [0.25, 0.3) is 0 Å². The van der Waals surface area contributed by atoms with Gasteiger partial charge in [-0.2, -0.15) is 0 Å². The molecule has 1 N–H and O–H groups in total. The Labute approximate surface area is 131 Å². The molecule has 1 atom stereocenters. The van der Waals surface area contributed by atoms with Gasteiger partial charge >= 0.3 is 6.09 Å². The topological polar surface area (TPSA) is 51.2 Å². The lowest BCUT2D eigenvalue weighted by Gasteiger charge is -2.24. The van der Waals surface area contributed by atoms with Gasteiger partial charge in [0, 0.05) is 12.4 Å². The van der Waals surface area contributed by atoms with Crippen molar-refractivity contribution in [3.8, 4) is 0 Å². The molecular formula is C18H22N2O2. The lowest BCUT2D eigenvalue weighted by Crippen LogP contribution is -2.35. The van der Waals surface area contributed by atoms with Gasteiger partial charge < -0.3 is 10.1 Å². The summed E-state index contributed by atoms with van der Waals surface area (Å²) in [5.74, 6) is 0. The van der Waals surface area contributed by atoms with Crippen molar-refractivity contribution in [2.24, 2.45) is 0 Å². The molecule has 0 spiro atoms. The molecule has 0 radical (unpaired) electrons. The van der Waals surface area contributed by atoms with E-state index in [0.29, 0.717) is 6.42 Å². The highest BCUT2D eigenvalue weighted by Gasteiger charge is 2.20. The monoisotopic (exact) mass is 298 g/mol. The average Bonchev–Trinajstić information content (AvgIpc) is 2.47. The molecule has 1 unspecified atom stereocenters. The van der Waals surface area contributed by atoms with Crippen molar-refractivity contribution in [3.05, 3.63) is 66.0 Å². The van der Waals surface area contributed by atoms with E-state index in [-0.39, 0.29) is 6.04 Å². The molecule has 22 heavy (non-hydrogen) atoms. The Kier molecular flexibility index (Phi) is 5.15. The van der Waals surface area contributed by atoms with Crippen LogP contribution in [0.25, 0.3) is 0 Å². The molecule has 1 aromatic heterocycles. The first-order chi connectivity index (χ1) is 10.4. The number of aromatic nitrogens is 1. The van der Waals surface area contributed by atoms with Crippen LogP contribution in [0, 0.1) is 0 Å². The first kappa shape index (κ1) is 16.0. The lowest BCUT2D eigenvalue weighted by molar-refractivity contribution is 0.0503. The van der Waals surface area contributed by atoms with Crippen molar-refractivity contribution < 1.29 is 9.53 Å². The molecule has 4 nitrogen and oxygen atoms in total. The minimum atomic E-state index is -0.514. The van der Waals surface area contributed by atoms with Crippen molar-refractivity contribution >= 4 is 6.09 Å². The summed E-state index contributed by atoms with van der Waals surface area (Å²) in [6.45, 7) is 5.56. The number of amides is 1. The summed E-state index contributed by atoms with van der Waals surface area (Å²) < 4.78 is 5.36. The fourth-order valence-corrected chi connectivity index (χ4v) is 2.15. The van der Waals surface area contributed by atoms with Crippen LogP contribution in [0.5, 0.6) is 0 Å². The van der Waals surface area contributed by atoms with E-state index in [1.165, 1.54) is 0 Å². The zero-order valence-corrected chi connectivity index (χ0v) is 13.2. The van der Waals surface area contributed by atoms with Crippen LogP contribution in [0.4, 0.5) is 4.79 Å². The molecule has 0 bridgehead atoms. The number of nitrogens with zero attached hydrogens (tertiary/aromatic N) is 1. The fourth-order valence-electron chi connectivity index (χ4n) is 2.15. The van der Waals surface area contributed by atoms with E-state index in [9.17, 15) is 4.79 Å². The molecule has 1 heterocycles. The van der Waals surface area contributed by atoms with Gasteiger partial charge in [-0.1, -0.05) is 30.3 Å². The first-order valence-electron chi connectivity index (χ1n) is 7.37. The average molecular weight is 298 g/mol. The Hall–Kier alpha value is -2.36. The minimum Gasteiger partial charge on any atom is -0.444 e. The summed E-state index contributed by atoms with van der Waals surface area (Å²) in [7, 11) is 0. The molecule has 1 amide bonds. The predicted octanol–water partition coefficient (Wildman–Crippen LogP) is 3.89. The van der Waals surface area contributed by atoms with Gasteiger partial charge in [0.05, 0.1) is 6.04 Å². The van der Waals surface area contributed by atoms with Gasteiger partial charge in [-0.25, -0.2) is 4.79 Å². The molecule has 4 heteroatoms. The molecule has 0 saturated heterocycles. The molecule has 2 aromatic rings. The second-order valence-electron chi connectivity index (χ2n) is 6.17. The van der Waals surface area contributed by atoms with Crippen LogP contribution in [0.3, 0.4) is 0 Å². The van der Waals surface area contributed by atoms with Crippen molar-refractivity contribution in [1.29, 1.82) is 0 Å². The number of benzene rings is 1. The standard InChI is InChI=1S/C18H22N2O2/c1-18(2,3)22-17(21)20-16(15-9-11-19-12-10-15)13-14-7-5-4-6-8-14/h4-12,16H,13H2,1-3H3,(H,20,21). The predicted molar refractivity (Wildman–Crippen MR) is 86.5 cm³/mol. The van der Waals surface area contributed by atoms with Crippen molar-refractivity contribution in [1.82, 2.24) is 10.3 Å². The van der Waals surface area contributed by atoms with Crippen LogP contribution in [0.15, 0.2) is 54.9 Å². The van der Waals surface area contributed by atoms with Gasteiger partial charge in [-0.3, -0.25) is 4.98 Å². The van der Waals surface area contributed by atoms with E-state index in [0.717, 1.165) is 11.1 Å². The van der Waals surface area contributed by atoms with Gasteiger partial charge in [0.1, 0.15) is 5.60 Å². The Bertz CT molecular complexity index is 591. The SMILES string of the molecule is CC(C)(C)OC(=O)NC(Cc1ccccc1)c1ccncc1. The summed E-state index contributed by atoms with van der Waals surface area (Å²) >= 11 is 0. The largest absolute Gasteiger partial charge is 0.444 e. The first-order valence-corrected chi connectivity index (χ1v) is 7.37. The molecule has 1 aromatic carbocycles. The van der Waals surface area contributed by atoms with Gasteiger partial charge in [0.2, 0.25) is 0 Å². The quantitative estimate of drug-likeness (QED) is 0.931. The zero-order valence-electron chi connectivity index (χ0n) is 13.2. The maximum atomic E-state index is 12.1. The van der Waals surface area contributed by atoms with Gasteiger partial charge in [-0.05, 0) is 50.5 Å². The third-order valence-electron chi connectivity index (χ3n) is 3.08. The number of alkyl carbamates (subject to hydrolysis) is 1. The van der Waals surface area contributed by atoms with Crippen LogP contribution in [-0.4, -0.2) is 16.7 Å². The summed E-state index contributed by atoms with van der Waals surface area (Å²) in [5, 5.41) is 2.95. The second kappa shape index (κ2) is 7.07. The Balaban J connectivity index is 2.14. The number of carbonyl (C=O) groups is 1. The Morgan fingerprint density at radius 2 is 1.77 bits per heavy atom. The summed E-state index contributed by atoms with van der Waals surface area (Å²) in [6, 6.07) is 13.7. The maximum absolute atomic E-state index is 12.1. The van der Waals surface area contributed by atoms with E-state index < -0.39 is 11.7 Å². The molecule has 0 aliphatic heterocycles. The zero-order chi connectivity index (χ0) is 16.0. The normalized spacial score (nSPS) is 12.5. The highest BCUT2D eigenvalue weighted by atomic mass is 16.6. The minimum absolute atomic E-state index is 0.153. The second-order valence-corrected chi connectivity index (χ2v) is 6.17. The van der Waals surface area contributed by atoms with Gasteiger partial charge in [-0.15, -0.1) is 0 Å². The molecule has 0 fully saturated rings. The molecule has 2 rings (SSSR count). The van der Waals surface area contributed by atoms with Crippen LogP contribution < -0.4 is 5.32 Å². The van der Waals surface area contributed by atoms with Crippen LogP contribution in [0.1, 0.15) is 37.9 Å². The van der Waals surface area contributed by atoms with Crippen molar-refractivity contribution in [3.63, 3.8) is 0 Å². The van der Waals surface area contributed by atoms with E-state index in [2.05, 4.69) is 10.3 Å². The number of carbonyl (C=O) groups excluding carboxylic acids is 1. The molecular weight excluding hydrogens is 276 g/mol. The highest BCUT2D eigenvalue weighted by molar-refractivity contribution is 5.68. The molecule has 0 saturated carbocycles. The Morgan fingerprint density at radius 3 is 2.36 bits per heavy atom. The van der Waals surface area contributed by atoms with E-state index in [1.54, 1.807) is 12.4 Å². The molecule has 0 aliphatic carbocycles.